The molecule has 1 heterocycles. The van der Waals surface area contributed by atoms with Crippen molar-refractivity contribution in [3.63, 3.8) is 0 Å². The Hall–Kier alpha value is -1.29. The summed E-state index contributed by atoms with van der Waals surface area (Å²) >= 11 is 0. The zero-order chi connectivity index (χ0) is 13.2. The number of rotatable bonds is 4. The van der Waals surface area contributed by atoms with Crippen molar-refractivity contribution in [2.24, 2.45) is 0 Å². The van der Waals surface area contributed by atoms with Crippen molar-refractivity contribution in [3.8, 4) is 5.75 Å². The van der Waals surface area contributed by atoms with Crippen LogP contribution in [0.25, 0.3) is 0 Å². The Morgan fingerprint density at radius 2 is 2.28 bits per heavy atom. The van der Waals surface area contributed by atoms with Gasteiger partial charge in [0.25, 0.3) is 0 Å². The minimum Gasteiger partial charge on any atom is -0.491 e. The molecular weight excluding hydrogens is 231 g/mol. The van der Waals surface area contributed by atoms with E-state index in [1.165, 1.54) is 6.07 Å². The van der Waals surface area contributed by atoms with Crippen LogP contribution < -0.4 is 15.4 Å². The van der Waals surface area contributed by atoms with Gasteiger partial charge in [-0.2, -0.15) is 0 Å². The third-order valence-electron chi connectivity index (χ3n) is 3.19. The molecule has 0 saturated carbocycles. The zero-order valence-electron chi connectivity index (χ0n) is 11.2. The molecule has 1 aliphatic rings. The molecule has 1 atom stereocenters. The van der Waals surface area contributed by atoms with E-state index in [0.717, 1.165) is 18.7 Å². The summed E-state index contributed by atoms with van der Waals surface area (Å²) in [4.78, 5) is 0. The van der Waals surface area contributed by atoms with Gasteiger partial charge in [0.15, 0.2) is 11.6 Å². The minimum absolute atomic E-state index is 0.154. The molecule has 0 radical (unpaired) electrons. The maximum absolute atomic E-state index is 13.7. The lowest BCUT2D eigenvalue weighted by molar-refractivity contribution is 0.321. The zero-order valence-corrected chi connectivity index (χ0v) is 11.2. The van der Waals surface area contributed by atoms with Crippen LogP contribution in [0.1, 0.15) is 27.2 Å². The minimum atomic E-state index is -0.313. The molecule has 1 fully saturated rings. The Bertz CT molecular complexity index is 420. The van der Waals surface area contributed by atoms with Gasteiger partial charge >= 0.3 is 0 Å². The second-order valence-electron chi connectivity index (χ2n) is 5.39. The molecule has 2 rings (SSSR count). The van der Waals surface area contributed by atoms with Crippen LogP contribution in [0, 0.1) is 5.82 Å². The molecule has 0 spiro atoms. The van der Waals surface area contributed by atoms with E-state index < -0.39 is 0 Å². The summed E-state index contributed by atoms with van der Waals surface area (Å²) in [5, 5.41) is 6.78. The van der Waals surface area contributed by atoms with Gasteiger partial charge in [0.1, 0.15) is 0 Å². The van der Waals surface area contributed by atoms with Gasteiger partial charge in [-0.25, -0.2) is 4.39 Å². The van der Waals surface area contributed by atoms with Gasteiger partial charge in [-0.05, 0) is 39.3 Å². The van der Waals surface area contributed by atoms with Gasteiger partial charge in [0.2, 0.25) is 0 Å². The third-order valence-corrected chi connectivity index (χ3v) is 3.19. The fourth-order valence-corrected chi connectivity index (χ4v) is 2.36. The topological polar surface area (TPSA) is 33.3 Å². The summed E-state index contributed by atoms with van der Waals surface area (Å²) in [6, 6.07) is 5.38. The van der Waals surface area contributed by atoms with Crippen molar-refractivity contribution in [3.05, 3.63) is 24.0 Å². The number of anilines is 1. The fourth-order valence-electron chi connectivity index (χ4n) is 2.36. The van der Waals surface area contributed by atoms with E-state index in [4.69, 9.17) is 4.74 Å². The third kappa shape index (κ3) is 3.13. The first kappa shape index (κ1) is 13.1. The number of benzene rings is 1. The maximum atomic E-state index is 13.7. The van der Waals surface area contributed by atoms with Gasteiger partial charge in [-0.15, -0.1) is 0 Å². The fraction of sp³-hybridized carbons (Fsp3) is 0.571. The Balaban J connectivity index is 2.00. The number of hydrogen-bond acceptors (Lipinski definition) is 3. The van der Waals surface area contributed by atoms with Crippen LogP contribution in [0.2, 0.25) is 0 Å². The second-order valence-corrected chi connectivity index (χ2v) is 5.39. The predicted molar refractivity (Wildman–Crippen MR) is 71.7 cm³/mol. The number of halogens is 1. The van der Waals surface area contributed by atoms with Gasteiger partial charge in [0, 0.05) is 29.9 Å². The summed E-state index contributed by atoms with van der Waals surface area (Å²) in [6.45, 7) is 7.57. The van der Waals surface area contributed by atoms with E-state index in [-0.39, 0.29) is 11.4 Å². The molecule has 1 aliphatic heterocycles. The van der Waals surface area contributed by atoms with Crippen molar-refractivity contribution in [2.75, 3.05) is 18.5 Å². The molecule has 1 aromatic rings. The number of hydrogen-bond donors (Lipinski definition) is 2. The van der Waals surface area contributed by atoms with Gasteiger partial charge in [0.05, 0.1) is 6.61 Å². The summed E-state index contributed by atoms with van der Waals surface area (Å²) in [7, 11) is 0. The Morgan fingerprint density at radius 3 is 2.83 bits per heavy atom. The lowest BCUT2D eigenvalue weighted by Crippen LogP contribution is -2.31. The van der Waals surface area contributed by atoms with E-state index in [9.17, 15) is 4.39 Å². The molecular formula is C14H21FN2O. The van der Waals surface area contributed by atoms with Crippen LogP contribution in [0.4, 0.5) is 10.1 Å². The van der Waals surface area contributed by atoms with Gasteiger partial charge in [-0.3, -0.25) is 0 Å². The maximum Gasteiger partial charge on any atom is 0.167 e. The first-order valence-corrected chi connectivity index (χ1v) is 6.44. The Morgan fingerprint density at radius 1 is 1.50 bits per heavy atom. The van der Waals surface area contributed by atoms with Crippen molar-refractivity contribution >= 4 is 5.69 Å². The Kier molecular flexibility index (Phi) is 3.76. The summed E-state index contributed by atoms with van der Waals surface area (Å²) in [5.74, 6) is -0.00000636. The van der Waals surface area contributed by atoms with Gasteiger partial charge in [-0.1, -0.05) is 0 Å². The first-order valence-electron chi connectivity index (χ1n) is 6.44. The quantitative estimate of drug-likeness (QED) is 0.864. The lowest BCUT2D eigenvalue weighted by atomic mass is 10.0. The monoisotopic (exact) mass is 252 g/mol. The number of nitrogens with one attached hydrogen (secondary N) is 2. The van der Waals surface area contributed by atoms with Crippen LogP contribution in [0.15, 0.2) is 18.2 Å². The standard InChI is InChI=1S/C14H21FN2O/c1-4-18-13-6-5-10(7-12(13)15)17-11-8-14(2,3)16-9-11/h5-7,11,16-17H,4,8-9H2,1-3H3. The highest BCUT2D eigenvalue weighted by Crippen LogP contribution is 2.25. The van der Waals surface area contributed by atoms with Crippen LogP contribution in [0.3, 0.4) is 0 Å². The van der Waals surface area contributed by atoms with Crippen molar-refractivity contribution in [1.82, 2.24) is 5.32 Å². The molecule has 1 saturated heterocycles. The smallest absolute Gasteiger partial charge is 0.167 e. The molecule has 2 N–H and O–H groups in total. The normalized spacial score (nSPS) is 21.9. The number of ether oxygens (including phenoxy) is 1. The molecule has 3 nitrogen and oxygen atoms in total. The molecule has 1 aromatic carbocycles. The summed E-state index contributed by atoms with van der Waals surface area (Å²) < 4.78 is 18.9. The highest BCUT2D eigenvalue weighted by atomic mass is 19.1. The SMILES string of the molecule is CCOc1ccc(NC2CNC(C)(C)C2)cc1F. The van der Waals surface area contributed by atoms with Crippen LogP contribution in [-0.4, -0.2) is 24.7 Å². The van der Waals surface area contributed by atoms with E-state index in [1.54, 1.807) is 6.07 Å². The second kappa shape index (κ2) is 5.14. The van der Waals surface area contributed by atoms with Crippen LogP contribution in [0.5, 0.6) is 5.75 Å². The van der Waals surface area contributed by atoms with Crippen LogP contribution in [-0.2, 0) is 0 Å². The summed E-state index contributed by atoms with van der Waals surface area (Å²) in [6.07, 6.45) is 1.03. The van der Waals surface area contributed by atoms with E-state index in [1.807, 2.05) is 13.0 Å². The predicted octanol–water partition coefficient (Wildman–Crippen LogP) is 2.78. The highest BCUT2D eigenvalue weighted by Gasteiger charge is 2.30. The molecule has 0 amide bonds. The van der Waals surface area contributed by atoms with Crippen LogP contribution >= 0.6 is 0 Å². The Labute approximate surface area is 108 Å². The molecule has 0 bridgehead atoms. The molecule has 100 valence electrons. The van der Waals surface area contributed by atoms with E-state index in [2.05, 4.69) is 24.5 Å². The molecule has 0 aliphatic carbocycles. The largest absolute Gasteiger partial charge is 0.491 e. The van der Waals surface area contributed by atoms with E-state index >= 15 is 0 Å². The molecule has 18 heavy (non-hydrogen) atoms. The average molecular weight is 252 g/mol. The van der Waals surface area contributed by atoms with E-state index in [0.29, 0.717) is 18.4 Å². The summed E-state index contributed by atoms with van der Waals surface area (Å²) in [5.41, 5.74) is 0.960. The first-order chi connectivity index (χ1) is 8.50. The van der Waals surface area contributed by atoms with Gasteiger partial charge < -0.3 is 15.4 Å². The molecule has 4 heteroatoms. The highest BCUT2D eigenvalue weighted by molar-refractivity contribution is 5.48. The van der Waals surface area contributed by atoms with Crippen molar-refractivity contribution < 1.29 is 9.13 Å². The van der Waals surface area contributed by atoms with Crippen molar-refractivity contribution in [1.29, 1.82) is 0 Å². The van der Waals surface area contributed by atoms with Crippen molar-refractivity contribution in [2.45, 2.75) is 38.8 Å². The average Bonchev–Trinajstić information content (AvgIpc) is 2.62. The molecule has 1 unspecified atom stereocenters. The molecule has 0 aromatic heterocycles. The lowest BCUT2D eigenvalue weighted by Gasteiger charge is -2.18.